The monoisotopic (exact) mass is 276 g/mol. The Balaban J connectivity index is 2.07. The van der Waals surface area contributed by atoms with Gasteiger partial charge in [0.25, 0.3) is 0 Å². The van der Waals surface area contributed by atoms with Crippen LogP contribution in [0.1, 0.15) is 32.9 Å². The van der Waals surface area contributed by atoms with E-state index in [4.69, 9.17) is 10.5 Å². The first kappa shape index (κ1) is 13.1. The Kier molecular flexibility index (Phi) is 3.21. The molecular formula is C13H20N6O. The maximum Gasteiger partial charge on any atom is 0.224 e. The lowest BCUT2D eigenvalue weighted by atomic mass is 10.0. The zero-order chi connectivity index (χ0) is 14.3. The number of aromatic nitrogens is 4. The Hall–Kier alpha value is -1.89. The maximum atomic E-state index is 6.09. The summed E-state index contributed by atoms with van der Waals surface area (Å²) < 4.78 is 8.06. The SMILES string of the molecule is CC[C@@H]1C[C@H](C)[C@H](n2cnc3c(NC)nc(N)nc32)O1. The Labute approximate surface area is 117 Å². The van der Waals surface area contributed by atoms with Gasteiger partial charge in [0.2, 0.25) is 5.95 Å². The first-order valence-electron chi connectivity index (χ1n) is 6.97. The van der Waals surface area contributed by atoms with E-state index in [9.17, 15) is 0 Å². The zero-order valence-corrected chi connectivity index (χ0v) is 12.0. The number of nitrogen functional groups attached to an aromatic ring is 1. The van der Waals surface area contributed by atoms with Crippen LogP contribution in [0.3, 0.4) is 0 Å². The van der Waals surface area contributed by atoms with Crippen molar-refractivity contribution in [1.82, 2.24) is 19.5 Å². The van der Waals surface area contributed by atoms with Crippen LogP contribution in [0, 0.1) is 5.92 Å². The summed E-state index contributed by atoms with van der Waals surface area (Å²) >= 11 is 0. The molecule has 3 heterocycles. The molecule has 3 atom stereocenters. The molecule has 0 radical (unpaired) electrons. The molecule has 3 rings (SSSR count). The van der Waals surface area contributed by atoms with Crippen LogP contribution in [-0.4, -0.2) is 32.7 Å². The molecule has 7 heteroatoms. The molecule has 0 saturated carbocycles. The predicted octanol–water partition coefficient (Wildman–Crippen LogP) is 1.78. The van der Waals surface area contributed by atoms with Crippen LogP contribution in [0.25, 0.3) is 11.2 Å². The molecule has 0 amide bonds. The number of hydrogen-bond acceptors (Lipinski definition) is 6. The highest BCUT2D eigenvalue weighted by atomic mass is 16.5. The number of rotatable bonds is 3. The van der Waals surface area contributed by atoms with Gasteiger partial charge in [0, 0.05) is 13.0 Å². The van der Waals surface area contributed by atoms with E-state index in [0.717, 1.165) is 24.0 Å². The summed E-state index contributed by atoms with van der Waals surface area (Å²) in [5.41, 5.74) is 7.21. The molecule has 1 fully saturated rings. The molecule has 1 aliphatic heterocycles. The number of nitrogens with one attached hydrogen (secondary N) is 1. The van der Waals surface area contributed by atoms with Crippen molar-refractivity contribution in [3.8, 4) is 0 Å². The number of nitrogens with zero attached hydrogens (tertiary/aromatic N) is 4. The number of hydrogen-bond donors (Lipinski definition) is 2. The standard InChI is InChI=1S/C13H20N6O/c1-4-8-5-7(2)12(20-8)19-6-16-9-10(15-3)17-13(14)18-11(9)19/h6-8,12H,4-5H2,1-3H3,(H3,14,15,17,18)/t7-,8+,12+/m0/s1. The highest BCUT2D eigenvalue weighted by Crippen LogP contribution is 2.37. The maximum absolute atomic E-state index is 6.09. The molecule has 20 heavy (non-hydrogen) atoms. The van der Waals surface area contributed by atoms with Crippen LogP contribution < -0.4 is 11.1 Å². The number of fused-ring (bicyclic) bond motifs is 1. The van der Waals surface area contributed by atoms with Gasteiger partial charge in [-0.1, -0.05) is 13.8 Å². The summed E-state index contributed by atoms with van der Waals surface area (Å²) in [6.07, 6.45) is 4.10. The third-order valence-corrected chi connectivity index (χ3v) is 3.86. The molecular weight excluding hydrogens is 256 g/mol. The predicted molar refractivity (Wildman–Crippen MR) is 77.3 cm³/mol. The van der Waals surface area contributed by atoms with Crippen LogP contribution in [0.5, 0.6) is 0 Å². The van der Waals surface area contributed by atoms with Crippen LogP contribution >= 0.6 is 0 Å². The average Bonchev–Trinajstić information content (AvgIpc) is 3.00. The van der Waals surface area contributed by atoms with E-state index in [1.165, 1.54) is 0 Å². The molecule has 0 aromatic carbocycles. The van der Waals surface area contributed by atoms with Gasteiger partial charge in [-0.25, -0.2) is 4.98 Å². The van der Waals surface area contributed by atoms with Gasteiger partial charge in [0.05, 0.1) is 12.4 Å². The van der Waals surface area contributed by atoms with Crippen molar-refractivity contribution in [2.75, 3.05) is 18.1 Å². The van der Waals surface area contributed by atoms with Gasteiger partial charge in [0.1, 0.15) is 6.23 Å². The molecule has 2 aromatic rings. The lowest BCUT2D eigenvalue weighted by Crippen LogP contribution is -2.14. The van der Waals surface area contributed by atoms with Crippen LogP contribution in [-0.2, 0) is 4.74 Å². The lowest BCUT2D eigenvalue weighted by Gasteiger charge is -2.17. The molecule has 2 aromatic heterocycles. The van der Waals surface area contributed by atoms with Gasteiger partial charge < -0.3 is 15.8 Å². The number of anilines is 2. The number of nitrogens with two attached hydrogens (primary N) is 1. The summed E-state index contributed by atoms with van der Waals surface area (Å²) in [6.45, 7) is 4.33. The summed E-state index contributed by atoms with van der Waals surface area (Å²) in [6, 6.07) is 0. The Bertz CT molecular complexity index is 625. The van der Waals surface area contributed by atoms with E-state index in [1.54, 1.807) is 13.4 Å². The van der Waals surface area contributed by atoms with E-state index in [2.05, 4.69) is 34.1 Å². The minimum atomic E-state index is -0.0380. The van der Waals surface area contributed by atoms with Gasteiger partial charge in [-0.05, 0) is 12.8 Å². The molecule has 1 aliphatic rings. The van der Waals surface area contributed by atoms with Gasteiger partial charge >= 0.3 is 0 Å². The van der Waals surface area contributed by atoms with E-state index >= 15 is 0 Å². The summed E-state index contributed by atoms with van der Waals surface area (Å²) in [4.78, 5) is 12.9. The van der Waals surface area contributed by atoms with Crippen molar-refractivity contribution in [3.05, 3.63) is 6.33 Å². The normalized spacial score (nSPS) is 26.2. The zero-order valence-electron chi connectivity index (χ0n) is 12.0. The summed E-state index contributed by atoms with van der Waals surface area (Å²) in [7, 11) is 1.79. The number of imidazole rings is 1. The third kappa shape index (κ3) is 1.98. The van der Waals surface area contributed by atoms with Crippen molar-refractivity contribution in [2.45, 2.75) is 39.0 Å². The molecule has 108 valence electrons. The van der Waals surface area contributed by atoms with E-state index in [1.807, 2.05) is 4.57 Å². The Morgan fingerprint density at radius 1 is 1.50 bits per heavy atom. The van der Waals surface area contributed by atoms with Crippen LogP contribution in [0.15, 0.2) is 6.33 Å². The molecule has 0 bridgehead atoms. The quantitative estimate of drug-likeness (QED) is 0.888. The van der Waals surface area contributed by atoms with Gasteiger partial charge in [0.15, 0.2) is 17.0 Å². The molecule has 0 aliphatic carbocycles. The van der Waals surface area contributed by atoms with E-state index < -0.39 is 0 Å². The second-order valence-corrected chi connectivity index (χ2v) is 5.27. The van der Waals surface area contributed by atoms with Crippen molar-refractivity contribution < 1.29 is 4.74 Å². The van der Waals surface area contributed by atoms with Gasteiger partial charge in [-0.2, -0.15) is 9.97 Å². The van der Waals surface area contributed by atoms with Crippen LogP contribution in [0.2, 0.25) is 0 Å². The second-order valence-electron chi connectivity index (χ2n) is 5.27. The van der Waals surface area contributed by atoms with Crippen molar-refractivity contribution in [1.29, 1.82) is 0 Å². The largest absolute Gasteiger partial charge is 0.371 e. The second kappa shape index (κ2) is 4.90. The minimum Gasteiger partial charge on any atom is -0.371 e. The molecule has 0 unspecified atom stereocenters. The topological polar surface area (TPSA) is 90.9 Å². The molecule has 0 spiro atoms. The molecule has 7 nitrogen and oxygen atoms in total. The fourth-order valence-electron chi connectivity index (χ4n) is 2.81. The number of ether oxygens (including phenoxy) is 1. The Morgan fingerprint density at radius 3 is 2.95 bits per heavy atom. The highest BCUT2D eigenvalue weighted by Gasteiger charge is 2.33. The Morgan fingerprint density at radius 2 is 2.30 bits per heavy atom. The highest BCUT2D eigenvalue weighted by molar-refractivity contribution is 5.84. The summed E-state index contributed by atoms with van der Waals surface area (Å²) in [5, 5.41) is 3.00. The van der Waals surface area contributed by atoms with Crippen molar-refractivity contribution in [2.24, 2.45) is 5.92 Å². The van der Waals surface area contributed by atoms with Crippen molar-refractivity contribution >= 4 is 22.9 Å². The first-order valence-corrected chi connectivity index (χ1v) is 6.97. The molecule has 1 saturated heterocycles. The van der Waals surface area contributed by atoms with E-state index in [0.29, 0.717) is 17.8 Å². The smallest absolute Gasteiger partial charge is 0.224 e. The third-order valence-electron chi connectivity index (χ3n) is 3.86. The van der Waals surface area contributed by atoms with Crippen LogP contribution in [0.4, 0.5) is 11.8 Å². The fourth-order valence-corrected chi connectivity index (χ4v) is 2.81. The van der Waals surface area contributed by atoms with E-state index in [-0.39, 0.29) is 12.2 Å². The van der Waals surface area contributed by atoms with Gasteiger partial charge in [-0.3, -0.25) is 4.57 Å². The molecule has 3 N–H and O–H groups in total. The fraction of sp³-hybridized carbons (Fsp3) is 0.615. The lowest BCUT2D eigenvalue weighted by molar-refractivity contribution is -0.00903. The summed E-state index contributed by atoms with van der Waals surface area (Å²) in [5.74, 6) is 1.30. The van der Waals surface area contributed by atoms with Gasteiger partial charge in [-0.15, -0.1) is 0 Å². The first-order chi connectivity index (χ1) is 9.63. The average molecular weight is 276 g/mol. The van der Waals surface area contributed by atoms with Crippen molar-refractivity contribution in [3.63, 3.8) is 0 Å². The minimum absolute atomic E-state index is 0.0380.